The Balaban J connectivity index is 1.36. The van der Waals surface area contributed by atoms with E-state index in [1.54, 1.807) is 29.7 Å². The second-order valence-electron chi connectivity index (χ2n) is 7.45. The Morgan fingerprint density at radius 1 is 0.967 bits per heavy atom. The maximum atomic E-state index is 12.6. The normalized spacial score (nSPS) is 14.3. The Labute approximate surface area is 178 Å². The summed E-state index contributed by atoms with van der Waals surface area (Å²) in [6.45, 7) is 0. The van der Waals surface area contributed by atoms with Gasteiger partial charge < -0.3 is 11.1 Å². The molecule has 0 bridgehead atoms. The average molecular weight is 413 g/mol. The topological polar surface area (TPSA) is 80.9 Å². The molecule has 1 aliphatic rings. The van der Waals surface area contributed by atoms with Gasteiger partial charge in [-0.25, -0.2) is 4.98 Å². The Morgan fingerprint density at radius 2 is 1.73 bits per heavy atom. The fourth-order valence-electron chi connectivity index (χ4n) is 3.62. The summed E-state index contributed by atoms with van der Waals surface area (Å²) in [5.74, 6) is -0.170. The van der Waals surface area contributed by atoms with Crippen LogP contribution in [0.2, 0.25) is 0 Å². The number of hydrogen-bond donors (Lipinski definition) is 2. The van der Waals surface area contributed by atoms with Crippen LogP contribution in [-0.4, -0.2) is 15.9 Å². The first-order valence-corrected chi connectivity index (χ1v) is 10.7. The highest BCUT2D eigenvalue weighted by Crippen LogP contribution is 2.54. The van der Waals surface area contributed by atoms with Crippen LogP contribution in [-0.2, 0) is 5.41 Å². The van der Waals surface area contributed by atoms with Crippen LogP contribution < -0.4 is 11.1 Å². The van der Waals surface area contributed by atoms with Crippen molar-refractivity contribution >= 4 is 28.6 Å². The van der Waals surface area contributed by atoms with E-state index in [1.807, 2.05) is 54.6 Å². The third-order valence-corrected chi connectivity index (χ3v) is 6.55. The van der Waals surface area contributed by atoms with Gasteiger partial charge in [0.25, 0.3) is 5.91 Å². The molecule has 0 radical (unpaired) electrons. The van der Waals surface area contributed by atoms with Gasteiger partial charge in [-0.3, -0.25) is 9.78 Å². The zero-order valence-corrected chi connectivity index (χ0v) is 17.0. The lowest BCUT2D eigenvalue weighted by Gasteiger charge is -2.14. The molecule has 0 unspecified atom stereocenters. The molecule has 1 saturated carbocycles. The van der Waals surface area contributed by atoms with Gasteiger partial charge in [-0.05, 0) is 54.8 Å². The van der Waals surface area contributed by atoms with Crippen molar-refractivity contribution in [2.45, 2.75) is 18.3 Å². The first-order chi connectivity index (χ1) is 14.7. The van der Waals surface area contributed by atoms with Crippen LogP contribution in [0.15, 0.2) is 78.3 Å². The van der Waals surface area contributed by atoms with E-state index in [1.165, 1.54) is 5.56 Å². The molecule has 2 aromatic heterocycles. The summed E-state index contributed by atoms with van der Waals surface area (Å²) in [6.07, 6.45) is 3.91. The fourth-order valence-corrected chi connectivity index (χ4v) is 4.72. The molecule has 0 spiro atoms. The van der Waals surface area contributed by atoms with Crippen LogP contribution in [0, 0.1) is 0 Å². The quantitative estimate of drug-likeness (QED) is 0.446. The highest BCUT2D eigenvalue weighted by atomic mass is 32.1. The summed E-state index contributed by atoms with van der Waals surface area (Å²) in [7, 11) is 0. The maximum Gasteiger partial charge on any atom is 0.255 e. The van der Waals surface area contributed by atoms with E-state index in [-0.39, 0.29) is 11.3 Å². The fraction of sp³-hybridized carbons (Fsp3) is 0.125. The van der Waals surface area contributed by atoms with Crippen molar-refractivity contribution in [1.82, 2.24) is 9.97 Å². The zero-order valence-electron chi connectivity index (χ0n) is 16.2. The van der Waals surface area contributed by atoms with E-state index in [0.29, 0.717) is 16.9 Å². The van der Waals surface area contributed by atoms with Gasteiger partial charge in [0.1, 0.15) is 5.01 Å². The highest BCUT2D eigenvalue weighted by molar-refractivity contribution is 7.10. The summed E-state index contributed by atoms with van der Waals surface area (Å²) >= 11 is 1.68. The second-order valence-corrected chi connectivity index (χ2v) is 8.31. The predicted molar refractivity (Wildman–Crippen MR) is 121 cm³/mol. The van der Waals surface area contributed by atoms with Crippen molar-refractivity contribution in [3.8, 4) is 11.4 Å². The number of rotatable bonds is 5. The number of pyridine rings is 1. The molecule has 2 aromatic carbocycles. The number of amides is 1. The van der Waals surface area contributed by atoms with E-state index >= 15 is 0 Å². The monoisotopic (exact) mass is 412 g/mol. The van der Waals surface area contributed by atoms with E-state index in [9.17, 15) is 4.79 Å². The van der Waals surface area contributed by atoms with E-state index < -0.39 is 0 Å². The number of para-hydroxylation sites is 2. The zero-order chi connectivity index (χ0) is 20.6. The lowest BCUT2D eigenvalue weighted by atomic mass is 9.95. The van der Waals surface area contributed by atoms with Crippen LogP contribution in [0.3, 0.4) is 0 Å². The largest absolute Gasteiger partial charge is 0.397 e. The molecule has 1 aliphatic carbocycles. The highest BCUT2D eigenvalue weighted by Gasteiger charge is 2.48. The van der Waals surface area contributed by atoms with Crippen molar-refractivity contribution in [3.63, 3.8) is 0 Å². The molecular weight excluding hydrogens is 392 g/mol. The van der Waals surface area contributed by atoms with Crippen LogP contribution in [0.4, 0.5) is 11.4 Å². The number of nitrogens with two attached hydrogens (primary N) is 1. The molecule has 4 aromatic rings. The number of carbonyl (C=O) groups is 1. The Kier molecular flexibility index (Phi) is 4.56. The lowest BCUT2D eigenvalue weighted by Crippen LogP contribution is -2.14. The van der Waals surface area contributed by atoms with Gasteiger partial charge in [-0.15, -0.1) is 11.3 Å². The van der Waals surface area contributed by atoms with Gasteiger partial charge in [-0.1, -0.05) is 30.3 Å². The van der Waals surface area contributed by atoms with Crippen molar-refractivity contribution < 1.29 is 4.79 Å². The van der Waals surface area contributed by atoms with E-state index in [2.05, 4.69) is 15.7 Å². The standard InChI is InChI=1S/C24H20N4OS/c25-18-5-1-2-6-19(18)27-22(29)16-8-10-17(11-9-16)24(12-13-24)23-28-21(15-30-23)20-7-3-4-14-26-20/h1-11,14-15H,12-13,25H2,(H,27,29). The molecule has 5 rings (SSSR count). The molecular formula is C24H20N4OS. The van der Waals surface area contributed by atoms with E-state index in [0.717, 1.165) is 29.2 Å². The molecule has 1 amide bonds. The maximum absolute atomic E-state index is 12.6. The smallest absolute Gasteiger partial charge is 0.255 e. The number of benzene rings is 2. The number of aromatic nitrogens is 2. The molecule has 1 fully saturated rings. The van der Waals surface area contributed by atoms with Crippen LogP contribution >= 0.6 is 11.3 Å². The lowest BCUT2D eigenvalue weighted by molar-refractivity contribution is 0.102. The van der Waals surface area contributed by atoms with Gasteiger partial charge in [-0.2, -0.15) is 0 Å². The Bertz CT molecular complexity index is 1200. The van der Waals surface area contributed by atoms with Gasteiger partial charge in [0.15, 0.2) is 0 Å². The van der Waals surface area contributed by atoms with Crippen LogP contribution in [0.5, 0.6) is 0 Å². The number of nitrogens with zero attached hydrogens (tertiary/aromatic N) is 2. The third kappa shape index (κ3) is 3.35. The molecule has 2 heterocycles. The minimum absolute atomic E-state index is 0.0451. The molecule has 148 valence electrons. The number of anilines is 2. The molecule has 0 saturated heterocycles. The minimum atomic E-state index is -0.170. The number of carbonyl (C=O) groups excluding carboxylic acids is 1. The molecule has 30 heavy (non-hydrogen) atoms. The SMILES string of the molecule is Nc1ccccc1NC(=O)c1ccc(C2(c3nc(-c4ccccn4)cs3)CC2)cc1. The van der Waals surface area contributed by atoms with Gasteiger partial charge in [0.2, 0.25) is 0 Å². The number of hydrogen-bond acceptors (Lipinski definition) is 5. The minimum Gasteiger partial charge on any atom is -0.397 e. The molecule has 0 aliphatic heterocycles. The summed E-state index contributed by atoms with van der Waals surface area (Å²) in [6, 6.07) is 20.9. The summed E-state index contributed by atoms with van der Waals surface area (Å²) in [5.41, 5.74) is 10.6. The second kappa shape index (κ2) is 7.39. The molecule has 3 N–H and O–H groups in total. The van der Waals surface area contributed by atoms with Crippen molar-refractivity contribution in [2.75, 3.05) is 11.1 Å². The first-order valence-electron chi connectivity index (χ1n) is 9.79. The summed E-state index contributed by atoms with van der Waals surface area (Å²) in [4.78, 5) is 21.9. The van der Waals surface area contributed by atoms with Crippen LogP contribution in [0.1, 0.15) is 33.8 Å². The predicted octanol–water partition coefficient (Wildman–Crippen LogP) is 5.12. The van der Waals surface area contributed by atoms with Crippen molar-refractivity contribution in [1.29, 1.82) is 0 Å². The van der Waals surface area contributed by atoms with E-state index in [4.69, 9.17) is 10.7 Å². The molecule has 0 atom stereocenters. The van der Waals surface area contributed by atoms with Gasteiger partial charge in [0.05, 0.1) is 22.8 Å². The number of thiazole rings is 1. The number of nitrogens with one attached hydrogen (secondary N) is 1. The Morgan fingerprint density at radius 3 is 2.43 bits per heavy atom. The first kappa shape index (κ1) is 18.5. The summed E-state index contributed by atoms with van der Waals surface area (Å²) in [5, 5.41) is 6.05. The van der Waals surface area contributed by atoms with Crippen molar-refractivity contribution in [3.05, 3.63) is 94.4 Å². The third-order valence-electron chi connectivity index (χ3n) is 5.50. The molecule has 5 nitrogen and oxygen atoms in total. The van der Waals surface area contributed by atoms with Gasteiger partial charge >= 0.3 is 0 Å². The Hall–Kier alpha value is -3.51. The number of nitrogen functional groups attached to an aromatic ring is 1. The average Bonchev–Trinajstić information content (AvgIpc) is 3.45. The van der Waals surface area contributed by atoms with Crippen LogP contribution in [0.25, 0.3) is 11.4 Å². The van der Waals surface area contributed by atoms with Gasteiger partial charge in [0, 0.05) is 22.6 Å². The molecule has 6 heteroatoms. The summed E-state index contributed by atoms with van der Waals surface area (Å²) < 4.78 is 0. The van der Waals surface area contributed by atoms with Crippen molar-refractivity contribution in [2.24, 2.45) is 0 Å².